The van der Waals surface area contributed by atoms with Crippen LogP contribution in [-0.2, 0) is 16.8 Å². The van der Waals surface area contributed by atoms with Crippen LogP contribution in [0.3, 0.4) is 0 Å². The van der Waals surface area contributed by atoms with Crippen molar-refractivity contribution in [2.45, 2.75) is 26.7 Å². The molecule has 1 saturated carbocycles. The predicted octanol–water partition coefficient (Wildman–Crippen LogP) is 4.46. The summed E-state index contributed by atoms with van der Waals surface area (Å²) >= 11 is 0. The van der Waals surface area contributed by atoms with Gasteiger partial charge in [-0.3, -0.25) is 4.79 Å². The molecule has 6 nitrogen and oxygen atoms in total. The van der Waals surface area contributed by atoms with Crippen LogP contribution in [0.4, 0.5) is 5.69 Å². The largest absolute Gasteiger partial charge is 0.493 e. The highest BCUT2D eigenvalue weighted by Crippen LogP contribution is 2.38. The van der Waals surface area contributed by atoms with E-state index in [1.807, 2.05) is 44.3 Å². The van der Waals surface area contributed by atoms with E-state index in [4.69, 9.17) is 4.74 Å². The zero-order valence-corrected chi connectivity index (χ0v) is 17.9. The summed E-state index contributed by atoms with van der Waals surface area (Å²) in [5.41, 5.74) is 2.91. The molecule has 1 fully saturated rings. The van der Waals surface area contributed by atoms with E-state index in [0.717, 1.165) is 22.3 Å². The molecule has 4 rings (SSSR count). The number of H-pyrrole nitrogens is 1. The Kier molecular flexibility index (Phi) is 5.25. The number of rotatable bonds is 7. The highest BCUT2D eigenvalue weighted by Gasteiger charge is 2.23. The Balaban J connectivity index is 1.90. The van der Waals surface area contributed by atoms with Gasteiger partial charge in [0, 0.05) is 47.5 Å². The Morgan fingerprint density at radius 1 is 1.21 bits per heavy atom. The summed E-state index contributed by atoms with van der Waals surface area (Å²) in [6.45, 7) is 4.49. The first-order chi connectivity index (χ1) is 13.9. The van der Waals surface area contributed by atoms with Crippen LogP contribution in [0, 0.1) is 5.92 Å². The minimum absolute atomic E-state index is 0.0740. The SMILES string of the molecule is CCS(=O)(CC)=Nc1ccc(OCC2CC2)c(-c2cn(C)c(=O)c3[nH]ccc23)c1. The van der Waals surface area contributed by atoms with Gasteiger partial charge in [0.25, 0.3) is 5.56 Å². The van der Waals surface area contributed by atoms with Crippen LogP contribution in [0.15, 0.2) is 45.8 Å². The van der Waals surface area contributed by atoms with E-state index in [0.29, 0.717) is 35.2 Å². The summed E-state index contributed by atoms with van der Waals surface area (Å²) in [6.07, 6.45) is 6.02. The first kappa shape index (κ1) is 19.8. The average molecular weight is 414 g/mol. The van der Waals surface area contributed by atoms with E-state index in [1.54, 1.807) is 17.8 Å². The first-order valence-electron chi connectivity index (χ1n) is 10.1. The number of hydrogen-bond donors (Lipinski definition) is 1. The second-order valence-corrected chi connectivity index (χ2v) is 10.5. The first-order valence-corrected chi connectivity index (χ1v) is 12.0. The van der Waals surface area contributed by atoms with E-state index in [2.05, 4.69) is 9.35 Å². The van der Waals surface area contributed by atoms with E-state index < -0.39 is 9.73 Å². The number of nitrogens with one attached hydrogen (secondary N) is 1. The van der Waals surface area contributed by atoms with Crippen molar-refractivity contribution < 1.29 is 8.95 Å². The van der Waals surface area contributed by atoms with Crippen molar-refractivity contribution in [3.63, 3.8) is 0 Å². The number of benzene rings is 1. The number of aromatic nitrogens is 2. The van der Waals surface area contributed by atoms with Gasteiger partial charge < -0.3 is 14.3 Å². The molecule has 0 spiro atoms. The molecule has 0 unspecified atom stereocenters. The summed E-state index contributed by atoms with van der Waals surface area (Å²) in [4.78, 5) is 15.5. The van der Waals surface area contributed by atoms with Gasteiger partial charge in [0.2, 0.25) is 0 Å². The van der Waals surface area contributed by atoms with Crippen molar-refractivity contribution in [2.24, 2.45) is 17.3 Å². The predicted molar refractivity (Wildman–Crippen MR) is 119 cm³/mol. The molecule has 2 aromatic heterocycles. The normalized spacial score (nSPS) is 14.3. The van der Waals surface area contributed by atoms with Crippen molar-refractivity contribution >= 4 is 26.3 Å². The fourth-order valence-corrected chi connectivity index (χ4v) is 4.58. The van der Waals surface area contributed by atoms with Crippen LogP contribution in [0.1, 0.15) is 26.7 Å². The third-order valence-electron chi connectivity index (χ3n) is 5.49. The lowest BCUT2D eigenvalue weighted by atomic mass is 10.0. The molecule has 3 aromatic rings. The van der Waals surface area contributed by atoms with Gasteiger partial charge in [-0.2, -0.15) is 4.36 Å². The molecule has 2 heterocycles. The highest BCUT2D eigenvalue weighted by molar-refractivity contribution is 7.93. The molecule has 1 aromatic carbocycles. The van der Waals surface area contributed by atoms with Crippen LogP contribution < -0.4 is 10.3 Å². The topological polar surface area (TPSA) is 76.4 Å². The van der Waals surface area contributed by atoms with Gasteiger partial charge in [0.15, 0.2) is 0 Å². The number of pyridine rings is 1. The molecule has 1 aliphatic carbocycles. The Morgan fingerprint density at radius 3 is 2.66 bits per heavy atom. The molecule has 29 heavy (non-hydrogen) atoms. The summed E-state index contributed by atoms with van der Waals surface area (Å²) < 4.78 is 25.1. The number of fused-ring (bicyclic) bond motifs is 1. The molecule has 7 heteroatoms. The Morgan fingerprint density at radius 2 is 1.97 bits per heavy atom. The molecular formula is C22H27N3O3S. The van der Waals surface area contributed by atoms with Crippen molar-refractivity contribution in [3.8, 4) is 16.9 Å². The van der Waals surface area contributed by atoms with Gasteiger partial charge in [-0.05, 0) is 43.0 Å². The number of nitrogens with zero attached hydrogens (tertiary/aromatic N) is 2. The average Bonchev–Trinajstić information content (AvgIpc) is 3.43. The zero-order chi connectivity index (χ0) is 20.6. The molecule has 1 aliphatic rings. The van der Waals surface area contributed by atoms with Gasteiger partial charge in [-0.15, -0.1) is 0 Å². The number of hydrogen-bond acceptors (Lipinski definition) is 4. The van der Waals surface area contributed by atoms with E-state index >= 15 is 0 Å². The molecule has 0 radical (unpaired) electrons. The molecule has 154 valence electrons. The molecule has 0 atom stereocenters. The van der Waals surface area contributed by atoms with E-state index in [1.165, 1.54) is 12.8 Å². The minimum atomic E-state index is -2.27. The summed E-state index contributed by atoms with van der Waals surface area (Å²) in [5, 5.41) is 0.841. The summed E-state index contributed by atoms with van der Waals surface area (Å²) in [6, 6.07) is 7.61. The molecule has 0 amide bonds. The summed E-state index contributed by atoms with van der Waals surface area (Å²) in [5.74, 6) is 2.41. The lowest BCUT2D eigenvalue weighted by Gasteiger charge is -2.15. The molecular weight excluding hydrogens is 386 g/mol. The van der Waals surface area contributed by atoms with Crippen molar-refractivity contribution in [1.29, 1.82) is 0 Å². The van der Waals surface area contributed by atoms with Gasteiger partial charge in [0.1, 0.15) is 11.3 Å². The van der Waals surface area contributed by atoms with Crippen LogP contribution in [0.2, 0.25) is 0 Å². The molecule has 0 bridgehead atoms. The number of aromatic amines is 1. The summed E-state index contributed by atoms with van der Waals surface area (Å²) in [7, 11) is -0.527. The van der Waals surface area contributed by atoms with Crippen molar-refractivity contribution in [2.75, 3.05) is 18.1 Å². The fourth-order valence-electron chi connectivity index (χ4n) is 3.41. The Labute approximate surface area is 171 Å². The van der Waals surface area contributed by atoms with Gasteiger partial charge >= 0.3 is 0 Å². The van der Waals surface area contributed by atoms with E-state index in [-0.39, 0.29) is 5.56 Å². The van der Waals surface area contributed by atoms with Crippen LogP contribution >= 0.6 is 0 Å². The Hall–Kier alpha value is -2.54. The van der Waals surface area contributed by atoms with Gasteiger partial charge in [0.05, 0.1) is 22.0 Å². The quantitative estimate of drug-likeness (QED) is 0.621. The smallest absolute Gasteiger partial charge is 0.274 e. The maximum atomic E-state index is 12.9. The second kappa shape index (κ2) is 7.71. The van der Waals surface area contributed by atoms with Crippen LogP contribution in [0.25, 0.3) is 22.0 Å². The molecule has 0 aliphatic heterocycles. The third-order valence-corrected chi connectivity index (χ3v) is 7.84. The van der Waals surface area contributed by atoms with Crippen LogP contribution in [-0.4, -0.2) is 31.9 Å². The Bertz CT molecular complexity index is 1220. The fraction of sp³-hybridized carbons (Fsp3) is 0.409. The lowest BCUT2D eigenvalue weighted by Crippen LogP contribution is -2.16. The minimum Gasteiger partial charge on any atom is -0.493 e. The standard InChI is InChI=1S/C22H27N3O3S/c1-4-29(27,5-2)24-16-8-9-20(28-14-15-6-7-15)18(12-16)19-13-25(3)22(26)21-17(19)10-11-23-21/h8-13,15,23H,4-7,14H2,1-3H3. The third kappa shape index (κ3) is 3.96. The van der Waals surface area contributed by atoms with Crippen molar-refractivity contribution in [3.05, 3.63) is 47.0 Å². The van der Waals surface area contributed by atoms with Gasteiger partial charge in [-0.1, -0.05) is 13.8 Å². The number of aryl methyl sites for hydroxylation is 1. The maximum Gasteiger partial charge on any atom is 0.274 e. The monoisotopic (exact) mass is 413 g/mol. The second-order valence-electron chi connectivity index (χ2n) is 7.60. The molecule has 1 N–H and O–H groups in total. The van der Waals surface area contributed by atoms with E-state index in [9.17, 15) is 9.00 Å². The maximum absolute atomic E-state index is 12.9. The van der Waals surface area contributed by atoms with Crippen molar-refractivity contribution in [1.82, 2.24) is 9.55 Å². The van der Waals surface area contributed by atoms with Gasteiger partial charge in [-0.25, -0.2) is 4.21 Å². The van der Waals surface area contributed by atoms with Crippen LogP contribution in [0.5, 0.6) is 5.75 Å². The number of ether oxygens (including phenoxy) is 1. The lowest BCUT2D eigenvalue weighted by molar-refractivity contribution is 0.301. The zero-order valence-electron chi connectivity index (χ0n) is 17.1. The molecule has 0 saturated heterocycles. The highest BCUT2D eigenvalue weighted by atomic mass is 32.2.